The predicted octanol–water partition coefficient (Wildman–Crippen LogP) is 1.64. The Balaban J connectivity index is 2.73. The van der Waals surface area contributed by atoms with Gasteiger partial charge in [0.25, 0.3) is 0 Å². The summed E-state index contributed by atoms with van der Waals surface area (Å²) in [6.45, 7) is 4.94. The molecule has 0 rings (SSSR count). The fourth-order valence-corrected chi connectivity index (χ4v) is 0.816. The highest BCUT2D eigenvalue weighted by Crippen LogP contribution is 1.92. The van der Waals surface area contributed by atoms with E-state index in [1.54, 1.807) is 0 Å². The second kappa shape index (κ2) is 10.9. The van der Waals surface area contributed by atoms with Crippen LogP contribution < -0.4 is 0 Å². The molecule has 0 heterocycles. The van der Waals surface area contributed by atoms with Crippen molar-refractivity contribution in [3.63, 3.8) is 0 Å². The third-order valence-corrected chi connectivity index (χ3v) is 1.46. The van der Waals surface area contributed by atoms with Crippen molar-refractivity contribution in [3.05, 3.63) is 0 Å². The molecule has 0 bridgehead atoms. The highest BCUT2D eigenvalue weighted by Gasteiger charge is 1.89. The number of rotatable bonds is 9. The van der Waals surface area contributed by atoms with Crippen molar-refractivity contribution in [1.29, 1.82) is 0 Å². The molecular formula is C9H19O3. The molecule has 0 aromatic carbocycles. The molecule has 0 N–H and O–H groups in total. The predicted molar refractivity (Wildman–Crippen MR) is 46.7 cm³/mol. The third-order valence-electron chi connectivity index (χ3n) is 1.46. The SMILES string of the molecule is CCOCCCCOCCC[O]. The molecule has 0 fully saturated rings. The first-order chi connectivity index (χ1) is 5.91. The van der Waals surface area contributed by atoms with E-state index in [0.717, 1.165) is 32.7 Å². The molecule has 0 saturated carbocycles. The summed E-state index contributed by atoms with van der Waals surface area (Å²) < 4.78 is 10.4. The van der Waals surface area contributed by atoms with Gasteiger partial charge in [-0.15, -0.1) is 0 Å². The van der Waals surface area contributed by atoms with Crippen LogP contribution in [0.3, 0.4) is 0 Å². The molecule has 0 aromatic rings. The number of hydrogen-bond donors (Lipinski definition) is 0. The molecule has 0 spiro atoms. The largest absolute Gasteiger partial charge is 0.382 e. The number of unbranched alkanes of at least 4 members (excludes halogenated alkanes) is 1. The standard InChI is InChI=1S/C9H19O3/c1-2-11-7-3-4-8-12-9-5-6-10/h2-9H2,1H3. The molecule has 0 aromatic heterocycles. The minimum Gasteiger partial charge on any atom is -0.382 e. The molecule has 73 valence electrons. The molecule has 0 aliphatic carbocycles. The second-order valence-corrected chi connectivity index (χ2v) is 2.57. The Labute approximate surface area is 74.7 Å². The number of hydrogen-bond acceptors (Lipinski definition) is 2. The molecule has 12 heavy (non-hydrogen) atoms. The van der Waals surface area contributed by atoms with E-state index in [1.165, 1.54) is 0 Å². The van der Waals surface area contributed by atoms with Crippen LogP contribution in [0.15, 0.2) is 0 Å². The van der Waals surface area contributed by atoms with Gasteiger partial charge in [0.1, 0.15) is 0 Å². The third kappa shape index (κ3) is 9.88. The molecule has 0 amide bonds. The first-order valence-corrected chi connectivity index (χ1v) is 4.65. The fraction of sp³-hybridized carbons (Fsp3) is 1.00. The van der Waals surface area contributed by atoms with Crippen molar-refractivity contribution in [2.24, 2.45) is 0 Å². The smallest absolute Gasteiger partial charge is 0.0844 e. The van der Waals surface area contributed by atoms with E-state index in [-0.39, 0.29) is 6.61 Å². The quantitative estimate of drug-likeness (QED) is 0.500. The van der Waals surface area contributed by atoms with Crippen molar-refractivity contribution in [3.8, 4) is 0 Å². The Morgan fingerprint density at radius 1 is 0.917 bits per heavy atom. The Hall–Kier alpha value is -0.120. The van der Waals surface area contributed by atoms with Crippen molar-refractivity contribution < 1.29 is 14.6 Å². The van der Waals surface area contributed by atoms with Gasteiger partial charge in [0.05, 0.1) is 6.61 Å². The summed E-state index contributed by atoms with van der Waals surface area (Å²) in [5.74, 6) is 0. The zero-order valence-corrected chi connectivity index (χ0v) is 7.88. The molecule has 0 aliphatic heterocycles. The first-order valence-electron chi connectivity index (χ1n) is 4.65. The van der Waals surface area contributed by atoms with Crippen LogP contribution in [0.2, 0.25) is 0 Å². The highest BCUT2D eigenvalue weighted by atomic mass is 16.5. The van der Waals surface area contributed by atoms with Gasteiger partial charge in [0.2, 0.25) is 0 Å². The van der Waals surface area contributed by atoms with Gasteiger partial charge >= 0.3 is 0 Å². The van der Waals surface area contributed by atoms with Crippen LogP contribution in [0.4, 0.5) is 0 Å². The summed E-state index contributed by atoms with van der Waals surface area (Å²) in [7, 11) is 0. The van der Waals surface area contributed by atoms with Crippen LogP contribution in [0.1, 0.15) is 26.2 Å². The maximum Gasteiger partial charge on any atom is 0.0844 e. The van der Waals surface area contributed by atoms with E-state index in [1.807, 2.05) is 6.92 Å². The summed E-state index contributed by atoms with van der Waals surface area (Å²) in [5.41, 5.74) is 0. The van der Waals surface area contributed by atoms with Crippen LogP contribution in [-0.2, 0) is 14.6 Å². The highest BCUT2D eigenvalue weighted by molar-refractivity contribution is 4.38. The van der Waals surface area contributed by atoms with Crippen molar-refractivity contribution in [2.45, 2.75) is 26.2 Å². The van der Waals surface area contributed by atoms with Crippen molar-refractivity contribution >= 4 is 0 Å². The van der Waals surface area contributed by atoms with Gasteiger partial charge in [-0.05, 0) is 26.2 Å². The Kier molecular flexibility index (Phi) is 10.8. The van der Waals surface area contributed by atoms with Gasteiger partial charge in [-0.2, -0.15) is 0 Å². The van der Waals surface area contributed by atoms with Gasteiger partial charge < -0.3 is 9.47 Å². The molecule has 1 radical (unpaired) electrons. The van der Waals surface area contributed by atoms with E-state index < -0.39 is 0 Å². The van der Waals surface area contributed by atoms with Crippen LogP contribution in [-0.4, -0.2) is 33.0 Å². The maximum absolute atomic E-state index is 10.0. The molecule has 0 saturated heterocycles. The van der Waals surface area contributed by atoms with Gasteiger partial charge in [-0.1, -0.05) is 0 Å². The Morgan fingerprint density at radius 3 is 2.08 bits per heavy atom. The Morgan fingerprint density at radius 2 is 1.50 bits per heavy atom. The van der Waals surface area contributed by atoms with Gasteiger partial charge in [0, 0.05) is 26.4 Å². The molecule has 0 aliphatic rings. The average Bonchev–Trinajstić information content (AvgIpc) is 2.10. The molecule has 3 nitrogen and oxygen atoms in total. The van der Waals surface area contributed by atoms with E-state index in [4.69, 9.17) is 9.47 Å². The summed E-state index contributed by atoms with van der Waals surface area (Å²) in [5, 5.41) is 10.0. The second-order valence-electron chi connectivity index (χ2n) is 2.57. The van der Waals surface area contributed by atoms with E-state index in [2.05, 4.69) is 0 Å². The minimum absolute atomic E-state index is 0.0288. The van der Waals surface area contributed by atoms with Crippen LogP contribution >= 0.6 is 0 Å². The maximum atomic E-state index is 10.0. The monoisotopic (exact) mass is 175 g/mol. The van der Waals surface area contributed by atoms with Crippen molar-refractivity contribution in [1.82, 2.24) is 0 Å². The van der Waals surface area contributed by atoms with Gasteiger partial charge in [-0.25, -0.2) is 5.11 Å². The molecule has 0 atom stereocenters. The topological polar surface area (TPSA) is 38.4 Å². The fourth-order valence-electron chi connectivity index (χ4n) is 0.816. The zero-order valence-electron chi connectivity index (χ0n) is 7.88. The van der Waals surface area contributed by atoms with Crippen molar-refractivity contribution in [2.75, 3.05) is 33.0 Å². The molecule has 0 unspecified atom stereocenters. The van der Waals surface area contributed by atoms with E-state index in [9.17, 15) is 5.11 Å². The van der Waals surface area contributed by atoms with E-state index >= 15 is 0 Å². The molecular weight excluding hydrogens is 156 g/mol. The lowest BCUT2D eigenvalue weighted by Crippen LogP contribution is -2.00. The summed E-state index contributed by atoms with van der Waals surface area (Å²) in [4.78, 5) is 0. The van der Waals surface area contributed by atoms with Crippen LogP contribution in [0, 0.1) is 0 Å². The summed E-state index contributed by atoms with van der Waals surface area (Å²) >= 11 is 0. The van der Waals surface area contributed by atoms with Gasteiger partial charge in [0.15, 0.2) is 0 Å². The minimum atomic E-state index is -0.0288. The zero-order chi connectivity index (χ0) is 9.07. The van der Waals surface area contributed by atoms with Crippen LogP contribution in [0.5, 0.6) is 0 Å². The lowest BCUT2D eigenvalue weighted by molar-refractivity contribution is 0.0874. The lowest BCUT2D eigenvalue weighted by Gasteiger charge is -2.02. The molecule has 3 heteroatoms. The first kappa shape index (κ1) is 11.9. The van der Waals surface area contributed by atoms with Crippen LogP contribution in [0.25, 0.3) is 0 Å². The summed E-state index contributed by atoms with van der Waals surface area (Å²) in [6, 6.07) is 0. The van der Waals surface area contributed by atoms with E-state index in [0.29, 0.717) is 13.0 Å². The Bertz CT molecular complexity index is 66.2. The average molecular weight is 175 g/mol. The van der Waals surface area contributed by atoms with Gasteiger partial charge in [-0.3, -0.25) is 0 Å². The lowest BCUT2D eigenvalue weighted by atomic mass is 10.3. The summed E-state index contributed by atoms with van der Waals surface area (Å²) in [6.07, 6.45) is 2.70. The number of ether oxygens (including phenoxy) is 2. The normalized spacial score (nSPS) is 10.5.